The van der Waals surface area contributed by atoms with E-state index in [2.05, 4.69) is 4.90 Å². The Hall–Kier alpha value is -2.25. The van der Waals surface area contributed by atoms with Crippen molar-refractivity contribution >= 4 is 23.2 Å². The van der Waals surface area contributed by atoms with Gasteiger partial charge in [-0.3, -0.25) is 14.5 Å². The molecule has 32 heavy (non-hydrogen) atoms. The molecule has 1 aromatic carbocycles. The van der Waals surface area contributed by atoms with Crippen molar-refractivity contribution in [3.05, 3.63) is 58.0 Å². The first-order valence-electron chi connectivity index (χ1n) is 11.6. The zero-order chi connectivity index (χ0) is 22.5. The molecule has 3 heterocycles. The topological polar surface area (TPSA) is 43.9 Å². The molecule has 2 aliphatic heterocycles. The molecule has 0 bridgehead atoms. The lowest BCUT2D eigenvalue weighted by atomic mass is 9.84. The maximum Gasteiger partial charge on any atom is 0.263 e. The Morgan fingerprint density at radius 1 is 1.09 bits per heavy atom. The minimum absolute atomic E-state index is 0.0196. The van der Waals surface area contributed by atoms with Crippen LogP contribution in [0.2, 0.25) is 0 Å². The summed E-state index contributed by atoms with van der Waals surface area (Å²) in [5.74, 6) is 0.181. The number of hydrogen-bond donors (Lipinski definition) is 0. The number of likely N-dealkylation sites (tertiary alicyclic amines) is 2. The highest BCUT2D eigenvalue weighted by molar-refractivity contribution is 7.12. The van der Waals surface area contributed by atoms with Gasteiger partial charge in [-0.15, -0.1) is 11.3 Å². The quantitative estimate of drug-likeness (QED) is 0.633. The Balaban J connectivity index is 1.44. The van der Waals surface area contributed by atoms with E-state index in [0.717, 1.165) is 25.9 Å². The molecule has 2 amide bonds. The smallest absolute Gasteiger partial charge is 0.263 e. The summed E-state index contributed by atoms with van der Waals surface area (Å²) in [4.78, 5) is 32.5. The van der Waals surface area contributed by atoms with Crippen molar-refractivity contribution in [2.75, 3.05) is 39.8 Å². The molecular formula is C25H32FN3O2S. The molecular weight excluding hydrogens is 425 g/mol. The average Bonchev–Trinajstić information content (AvgIpc) is 3.52. The van der Waals surface area contributed by atoms with Crippen LogP contribution in [-0.2, 0) is 11.2 Å². The molecule has 4 rings (SSSR count). The van der Waals surface area contributed by atoms with Crippen molar-refractivity contribution < 1.29 is 14.0 Å². The van der Waals surface area contributed by atoms with E-state index in [9.17, 15) is 14.0 Å². The molecule has 1 aromatic heterocycles. The molecule has 0 radical (unpaired) electrons. The highest BCUT2D eigenvalue weighted by Crippen LogP contribution is 2.29. The normalized spacial score (nSPS) is 18.6. The molecule has 5 nitrogen and oxygen atoms in total. The minimum Gasteiger partial charge on any atom is -0.342 e. The van der Waals surface area contributed by atoms with Crippen LogP contribution < -0.4 is 0 Å². The van der Waals surface area contributed by atoms with E-state index in [1.165, 1.54) is 30.2 Å². The van der Waals surface area contributed by atoms with Crippen LogP contribution in [0.5, 0.6) is 0 Å². The number of thiophene rings is 1. The number of piperidine rings is 1. The second kappa shape index (κ2) is 10.6. The fraction of sp³-hybridized carbons (Fsp3) is 0.520. The van der Waals surface area contributed by atoms with Gasteiger partial charge >= 0.3 is 0 Å². The van der Waals surface area contributed by atoms with Crippen LogP contribution in [0.15, 0.2) is 41.8 Å². The number of nitrogens with zero attached hydrogens (tertiary/aromatic N) is 3. The highest BCUT2D eigenvalue weighted by Gasteiger charge is 2.34. The number of hydrogen-bond acceptors (Lipinski definition) is 4. The summed E-state index contributed by atoms with van der Waals surface area (Å²) >= 11 is 1.43. The summed E-state index contributed by atoms with van der Waals surface area (Å²) in [5, 5.41) is 1.90. The SMILES string of the molecule is CN(C(=O)c1cccs1)C(Cc1ccccc1F)C1CCN(C(=O)CN2CCCC2)CC1. The third-order valence-corrected chi connectivity index (χ3v) is 7.79. The zero-order valence-electron chi connectivity index (χ0n) is 18.7. The van der Waals surface area contributed by atoms with Crippen molar-refractivity contribution in [3.8, 4) is 0 Å². The van der Waals surface area contributed by atoms with Gasteiger partial charge in [0.2, 0.25) is 5.91 Å². The molecule has 2 aromatic rings. The van der Waals surface area contributed by atoms with Gasteiger partial charge in [0.25, 0.3) is 5.91 Å². The summed E-state index contributed by atoms with van der Waals surface area (Å²) in [7, 11) is 1.83. The Labute approximate surface area is 193 Å². The molecule has 0 aliphatic carbocycles. The predicted molar refractivity (Wildman–Crippen MR) is 125 cm³/mol. The maximum atomic E-state index is 14.5. The Morgan fingerprint density at radius 3 is 2.47 bits per heavy atom. The van der Waals surface area contributed by atoms with Gasteiger partial charge in [0.1, 0.15) is 5.82 Å². The predicted octanol–water partition coefficient (Wildman–Crippen LogP) is 3.90. The maximum absolute atomic E-state index is 14.5. The molecule has 1 unspecified atom stereocenters. The van der Waals surface area contributed by atoms with E-state index < -0.39 is 0 Å². The van der Waals surface area contributed by atoms with E-state index in [1.54, 1.807) is 17.0 Å². The number of amides is 2. The van der Waals surface area contributed by atoms with Gasteiger partial charge in [0.05, 0.1) is 11.4 Å². The molecule has 2 saturated heterocycles. The largest absolute Gasteiger partial charge is 0.342 e. The molecule has 0 spiro atoms. The van der Waals surface area contributed by atoms with Gasteiger partial charge in [0.15, 0.2) is 0 Å². The summed E-state index contributed by atoms with van der Waals surface area (Å²) in [6, 6.07) is 10.4. The first-order chi connectivity index (χ1) is 15.5. The summed E-state index contributed by atoms with van der Waals surface area (Å²) < 4.78 is 14.5. The van der Waals surface area contributed by atoms with Crippen molar-refractivity contribution in [2.24, 2.45) is 5.92 Å². The molecule has 2 aliphatic rings. The number of halogens is 1. The number of carbonyl (C=O) groups excluding carboxylic acids is 2. The molecule has 0 saturated carbocycles. The lowest BCUT2D eigenvalue weighted by Gasteiger charge is -2.40. The van der Waals surface area contributed by atoms with Gasteiger partial charge < -0.3 is 9.80 Å². The lowest BCUT2D eigenvalue weighted by Crippen LogP contribution is -2.49. The van der Waals surface area contributed by atoms with Crippen LogP contribution in [0.1, 0.15) is 40.9 Å². The molecule has 7 heteroatoms. The zero-order valence-corrected chi connectivity index (χ0v) is 19.5. The number of carbonyl (C=O) groups is 2. The first-order valence-corrected chi connectivity index (χ1v) is 12.4. The third-order valence-electron chi connectivity index (χ3n) is 6.93. The van der Waals surface area contributed by atoms with E-state index in [1.807, 2.05) is 35.5 Å². The van der Waals surface area contributed by atoms with Gasteiger partial charge in [-0.2, -0.15) is 0 Å². The summed E-state index contributed by atoms with van der Waals surface area (Å²) in [6.45, 7) is 3.95. The molecule has 2 fully saturated rings. The van der Waals surface area contributed by atoms with Gasteiger partial charge in [0, 0.05) is 26.2 Å². The van der Waals surface area contributed by atoms with Gasteiger partial charge in [-0.25, -0.2) is 4.39 Å². The Kier molecular flexibility index (Phi) is 7.58. The molecule has 1 atom stereocenters. The van der Waals surface area contributed by atoms with Crippen LogP contribution in [-0.4, -0.2) is 72.3 Å². The Bertz CT molecular complexity index is 906. The summed E-state index contributed by atoms with van der Waals surface area (Å²) in [6.07, 6.45) is 4.49. The fourth-order valence-corrected chi connectivity index (χ4v) is 5.71. The van der Waals surface area contributed by atoms with Gasteiger partial charge in [-0.1, -0.05) is 24.3 Å². The van der Waals surface area contributed by atoms with Crippen molar-refractivity contribution in [1.29, 1.82) is 0 Å². The second-order valence-corrected chi connectivity index (χ2v) is 9.91. The van der Waals surface area contributed by atoms with E-state index in [0.29, 0.717) is 36.5 Å². The summed E-state index contributed by atoms with van der Waals surface area (Å²) in [5.41, 5.74) is 0.635. The van der Waals surface area contributed by atoms with E-state index in [-0.39, 0.29) is 29.6 Å². The van der Waals surface area contributed by atoms with Crippen LogP contribution in [0.3, 0.4) is 0 Å². The molecule has 172 valence electrons. The van der Waals surface area contributed by atoms with Crippen LogP contribution in [0.25, 0.3) is 0 Å². The number of rotatable bonds is 7. The minimum atomic E-state index is -0.229. The van der Waals surface area contributed by atoms with Crippen LogP contribution >= 0.6 is 11.3 Å². The van der Waals surface area contributed by atoms with Crippen LogP contribution in [0.4, 0.5) is 4.39 Å². The third kappa shape index (κ3) is 5.38. The van der Waals surface area contributed by atoms with Crippen molar-refractivity contribution in [3.63, 3.8) is 0 Å². The number of benzene rings is 1. The molecule has 0 N–H and O–H groups in total. The second-order valence-electron chi connectivity index (χ2n) is 8.96. The van der Waals surface area contributed by atoms with Crippen molar-refractivity contribution in [1.82, 2.24) is 14.7 Å². The van der Waals surface area contributed by atoms with E-state index in [4.69, 9.17) is 0 Å². The standard InChI is InChI=1S/C25H32FN3O2S/c1-27(25(31)23-9-6-16-32-23)22(17-20-7-2-3-8-21(20)26)19-10-14-29(15-11-19)24(30)18-28-12-4-5-13-28/h2-3,6-9,16,19,22H,4-5,10-15,17-18H2,1H3. The van der Waals surface area contributed by atoms with Crippen molar-refractivity contribution in [2.45, 2.75) is 38.1 Å². The van der Waals surface area contributed by atoms with E-state index >= 15 is 0 Å². The Morgan fingerprint density at radius 2 is 1.81 bits per heavy atom. The monoisotopic (exact) mass is 457 g/mol. The first kappa shape index (κ1) is 22.9. The van der Waals surface area contributed by atoms with Crippen LogP contribution in [0, 0.1) is 11.7 Å². The lowest BCUT2D eigenvalue weighted by molar-refractivity contribution is -0.133. The fourth-order valence-electron chi connectivity index (χ4n) is 5.00. The van der Waals surface area contributed by atoms with Gasteiger partial charge in [-0.05, 0) is 74.2 Å². The highest BCUT2D eigenvalue weighted by atomic mass is 32.1. The number of likely N-dealkylation sites (N-methyl/N-ethyl adjacent to an activating group) is 1. The average molecular weight is 458 g/mol.